The second kappa shape index (κ2) is 8.68. The minimum atomic E-state index is -0.622. The average Bonchev–Trinajstić information content (AvgIpc) is 3.21. The monoisotopic (exact) mass is 401 g/mol. The van der Waals surface area contributed by atoms with E-state index in [1.807, 2.05) is 4.90 Å². The Kier molecular flexibility index (Phi) is 6.06. The summed E-state index contributed by atoms with van der Waals surface area (Å²) in [5, 5.41) is 14.0. The number of amides is 1. The van der Waals surface area contributed by atoms with E-state index in [1.165, 1.54) is 37.4 Å². The summed E-state index contributed by atoms with van der Waals surface area (Å²) in [7, 11) is 1.20. The molecule has 2 aromatic rings. The number of carbonyl (C=O) groups is 2. The minimum absolute atomic E-state index is 0.0712. The maximum absolute atomic E-state index is 13.2. The van der Waals surface area contributed by atoms with Crippen LogP contribution in [0.15, 0.2) is 42.5 Å². The van der Waals surface area contributed by atoms with E-state index in [2.05, 4.69) is 10.1 Å². The Bertz CT molecular complexity index is 932. The number of nitro groups is 1. The highest BCUT2D eigenvalue weighted by atomic mass is 19.1. The summed E-state index contributed by atoms with van der Waals surface area (Å²) in [5.74, 6) is -1.57. The number of nitro benzene ring substituents is 1. The van der Waals surface area contributed by atoms with Gasteiger partial charge >= 0.3 is 5.97 Å². The van der Waals surface area contributed by atoms with Crippen LogP contribution in [0.1, 0.15) is 34.8 Å². The van der Waals surface area contributed by atoms with Crippen molar-refractivity contribution in [2.75, 3.05) is 25.1 Å². The van der Waals surface area contributed by atoms with Crippen LogP contribution in [0.5, 0.6) is 0 Å². The SMILES string of the molecule is COC(=O)CNC(=O)c1ccc(N2CCCC2c2ccc(F)cc2)c([N+](=O)[O-])c1. The van der Waals surface area contributed by atoms with Crippen LogP contribution < -0.4 is 10.2 Å². The van der Waals surface area contributed by atoms with Crippen molar-refractivity contribution in [3.63, 3.8) is 0 Å². The Labute approximate surface area is 166 Å². The van der Waals surface area contributed by atoms with E-state index in [9.17, 15) is 24.1 Å². The predicted molar refractivity (Wildman–Crippen MR) is 103 cm³/mol. The second-order valence-corrected chi connectivity index (χ2v) is 6.62. The molecule has 152 valence electrons. The summed E-state index contributed by atoms with van der Waals surface area (Å²) >= 11 is 0. The van der Waals surface area contributed by atoms with Crippen molar-refractivity contribution in [2.45, 2.75) is 18.9 Å². The van der Waals surface area contributed by atoms with E-state index >= 15 is 0 Å². The van der Waals surface area contributed by atoms with Crippen molar-refractivity contribution in [3.8, 4) is 0 Å². The molecule has 1 atom stereocenters. The van der Waals surface area contributed by atoms with Gasteiger partial charge in [-0.3, -0.25) is 19.7 Å². The van der Waals surface area contributed by atoms with Crippen molar-refractivity contribution in [3.05, 3.63) is 69.5 Å². The molecule has 1 saturated heterocycles. The highest BCUT2D eigenvalue weighted by molar-refractivity contribution is 5.97. The molecule has 9 heteroatoms. The van der Waals surface area contributed by atoms with Crippen LogP contribution in [-0.2, 0) is 9.53 Å². The van der Waals surface area contributed by atoms with E-state index < -0.39 is 16.8 Å². The summed E-state index contributed by atoms with van der Waals surface area (Å²) < 4.78 is 17.7. The van der Waals surface area contributed by atoms with Gasteiger partial charge in [-0.25, -0.2) is 4.39 Å². The third kappa shape index (κ3) is 4.50. The fraction of sp³-hybridized carbons (Fsp3) is 0.300. The van der Waals surface area contributed by atoms with Crippen LogP contribution in [0.4, 0.5) is 15.8 Å². The Hall–Kier alpha value is -3.49. The number of methoxy groups -OCH3 is 1. The molecule has 0 radical (unpaired) electrons. The van der Waals surface area contributed by atoms with E-state index in [4.69, 9.17) is 0 Å². The third-order valence-electron chi connectivity index (χ3n) is 4.87. The van der Waals surface area contributed by atoms with Crippen LogP contribution in [0.3, 0.4) is 0 Å². The minimum Gasteiger partial charge on any atom is -0.468 e. The molecule has 0 aromatic heterocycles. The molecule has 1 N–H and O–H groups in total. The quantitative estimate of drug-likeness (QED) is 0.454. The van der Waals surface area contributed by atoms with Gasteiger partial charge in [-0.2, -0.15) is 0 Å². The Balaban J connectivity index is 1.88. The first-order chi connectivity index (χ1) is 13.9. The van der Waals surface area contributed by atoms with Gasteiger partial charge in [0.1, 0.15) is 18.0 Å². The fourth-order valence-corrected chi connectivity index (χ4v) is 3.47. The lowest BCUT2D eigenvalue weighted by Crippen LogP contribution is -2.30. The van der Waals surface area contributed by atoms with Gasteiger partial charge in [0.25, 0.3) is 11.6 Å². The molecule has 0 bridgehead atoms. The van der Waals surface area contributed by atoms with Gasteiger partial charge in [0.05, 0.1) is 18.1 Å². The lowest BCUT2D eigenvalue weighted by molar-refractivity contribution is -0.384. The molecule has 0 aliphatic carbocycles. The highest BCUT2D eigenvalue weighted by Crippen LogP contribution is 2.40. The number of rotatable bonds is 6. The standard InChI is InChI=1S/C20H20FN3O5/c1-29-19(25)12-22-20(26)14-6-9-17(18(11-14)24(27)28)23-10-2-3-16(23)13-4-7-15(21)8-5-13/h4-9,11,16H,2-3,10,12H2,1H3,(H,22,26). The number of esters is 1. The zero-order valence-electron chi connectivity index (χ0n) is 15.8. The Morgan fingerprint density at radius 1 is 1.28 bits per heavy atom. The van der Waals surface area contributed by atoms with E-state index in [1.54, 1.807) is 12.1 Å². The van der Waals surface area contributed by atoms with Crippen LogP contribution in [0.2, 0.25) is 0 Å². The van der Waals surface area contributed by atoms with Gasteiger partial charge in [-0.05, 0) is 42.7 Å². The molecule has 29 heavy (non-hydrogen) atoms. The first-order valence-electron chi connectivity index (χ1n) is 9.06. The van der Waals surface area contributed by atoms with Gasteiger partial charge in [0.15, 0.2) is 0 Å². The van der Waals surface area contributed by atoms with Crippen LogP contribution in [0, 0.1) is 15.9 Å². The van der Waals surface area contributed by atoms with Gasteiger partial charge in [0, 0.05) is 18.2 Å². The number of nitrogens with one attached hydrogen (secondary N) is 1. The topological polar surface area (TPSA) is 102 Å². The smallest absolute Gasteiger partial charge is 0.325 e. The first-order valence-corrected chi connectivity index (χ1v) is 9.06. The van der Waals surface area contributed by atoms with Crippen molar-refractivity contribution in [1.82, 2.24) is 5.32 Å². The van der Waals surface area contributed by atoms with Crippen molar-refractivity contribution in [2.24, 2.45) is 0 Å². The van der Waals surface area contributed by atoms with E-state index in [0.717, 1.165) is 18.4 Å². The molecular formula is C20H20FN3O5. The molecule has 1 aliphatic rings. The Morgan fingerprint density at radius 3 is 2.66 bits per heavy atom. The number of hydrogen-bond acceptors (Lipinski definition) is 6. The van der Waals surface area contributed by atoms with Gasteiger partial charge in [0.2, 0.25) is 0 Å². The molecular weight excluding hydrogens is 381 g/mol. The number of halogens is 1. The molecule has 0 saturated carbocycles. The number of nitrogens with zero attached hydrogens (tertiary/aromatic N) is 2. The summed E-state index contributed by atoms with van der Waals surface area (Å²) in [6.07, 6.45) is 1.62. The van der Waals surface area contributed by atoms with Crippen molar-refractivity contribution < 1.29 is 23.6 Å². The zero-order valence-corrected chi connectivity index (χ0v) is 15.8. The largest absolute Gasteiger partial charge is 0.468 e. The average molecular weight is 401 g/mol. The second-order valence-electron chi connectivity index (χ2n) is 6.62. The number of carbonyl (C=O) groups excluding carboxylic acids is 2. The number of hydrogen-bond donors (Lipinski definition) is 1. The predicted octanol–water partition coefficient (Wildman–Crippen LogP) is 2.98. The maximum atomic E-state index is 13.2. The lowest BCUT2D eigenvalue weighted by atomic mass is 10.0. The lowest BCUT2D eigenvalue weighted by Gasteiger charge is -2.27. The maximum Gasteiger partial charge on any atom is 0.325 e. The highest BCUT2D eigenvalue weighted by Gasteiger charge is 2.31. The third-order valence-corrected chi connectivity index (χ3v) is 4.87. The molecule has 8 nitrogen and oxygen atoms in total. The van der Waals surface area contributed by atoms with Gasteiger partial charge in [-0.1, -0.05) is 12.1 Å². The summed E-state index contributed by atoms with van der Waals surface area (Å²) in [6, 6.07) is 10.2. The van der Waals surface area contributed by atoms with E-state index in [-0.39, 0.29) is 29.7 Å². The number of anilines is 1. The number of ether oxygens (including phenoxy) is 1. The van der Waals surface area contributed by atoms with Crippen LogP contribution >= 0.6 is 0 Å². The normalized spacial score (nSPS) is 15.8. The molecule has 1 aliphatic heterocycles. The molecule has 3 rings (SSSR count). The zero-order chi connectivity index (χ0) is 21.0. The summed E-state index contributed by atoms with van der Waals surface area (Å²) in [6.45, 7) is 0.278. The molecule has 2 aromatic carbocycles. The Morgan fingerprint density at radius 2 is 2.00 bits per heavy atom. The molecule has 0 spiro atoms. The molecule has 1 heterocycles. The van der Waals surface area contributed by atoms with Gasteiger partial charge in [-0.15, -0.1) is 0 Å². The molecule has 1 amide bonds. The van der Waals surface area contributed by atoms with Crippen LogP contribution in [-0.4, -0.2) is 37.0 Å². The summed E-state index contributed by atoms with van der Waals surface area (Å²) in [5.41, 5.74) is 1.14. The molecule has 1 unspecified atom stereocenters. The summed E-state index contributed by atoms with van der Waals surface area (Å²) in [4.78, 5) is 36.4. The van der Waals surface area contributed by atoms with Crippen molar-refractivity contribution in [1.29, 1.82) is 0 Å². The first kappa shape index (κ1) is 20.2. The number of benzene rings is 2. The van der Waals surface area contributed by atoms with E-state index in [0.29, 0.717) is 12.2 Å². The van der Waals surface area contributed by atoms with Crippen LogP contribution in [0.25, 0.3) is 0 Å². The molecule has 1 fully saturated rings. The fourth-order valence-electron chi connectivity index (χ4n) is 3.47. The van der Waals surface area contributed by atoms with Gasteiger partial charge < -0.3 is 15.0 Å². The van der Waals surface area contributed by atoms with Crippen molar-refractivity contribution >= 4 is 23.3 Å².